The van der Waals surface area contributed by atoms with Gasteiger partial charge < -0.3 is 4.57 Å². The lowest BCUT2D eigenvalue weighted by Crippen LogP contribution is -2.57. The monoisotopic (exact) mass is 443 g/mol. The van der Waals surface area contributed by atoms with Crippen molar-refractivity contribution >= 4 is 46.6 Å². The first kappa shape index (κ1) is 21.7. The molecule has 3 aromatic rings. The molecule has 1 fully saturated rings. The van der Waals surface area contributed by atoms with Crippen molar-refractivity contribution in [1.29, 1.82) is 0 Å². The molecule has 1 aliphatic rings. The van der Waals surface area contributed by atoms with Crippen molar-refractivity contribution in [3.8, 4) is 0 Å². The molecule has 6 heteroatoms. The molecule has 4 rings (SSSR count). The number of hydrogen-bond donors (Lipinski definition) is 0. The van der Waals surface area contributed by atoms with E-state index in [1.54, 1.807) is 6.08 Å². The van der Waals surface area contributed by atoms with Gasteiger partial charge in [-0.2, -0.15) is 0 Å². The lowest BCUT2D eigenvalue weighted by molar-refractivity contribution is -0.120. The minimum atomic E-state index is -0.424. The Morgan fingerprint density at radius 3 is 1.97 bits per heavy atom. The molecule has 5 nitrogen and oxygen atoms in total. The molecule has 1 saturated heterocycles. The lowest BCUT2D eigenvalue weighted by atomic mass is 10.0. The Labute approximate surface area is 193 Å². The highest BCUT2D eigenvalue weighted by Gasteiger charge is 2.41. The summed E-state index contributed by atoms with van der Waals surface area (Å²) in [7, 11) is 1.96. The Bertz CT molecular complexity index is 1290. The number of aromatic nitrogens is 1. The van der Waals surface area contributed by atoms with E-state index in [1.807, 2.05) is 93.9 Å². The molecule has 0 saturated carbocycles. The molecule has 162 valence electrons. The molecule has 0 bridgehead atoms. The van der Waals surface area contributed by atoms with E-state index < -0.39 is 11.8 Å². The van der Waals surface area contributed by atoms with Crippen molar-refractivity contribution in [3.63, 3.8) is 0 Å². The maximum Gasteiger partial charge on any atom is 0.270 e. The number of hydrogen-bond acceptors (Lipinski definition) is 3. The van der Waals surface area contributed by atoms with Gasteiger partial charge in [0, 0.05) is 18.4 Å². The summed E-state index contributed by atoms with van der Waals surface area (Å²) in [6, 6.07) is 16.9. The average molecular weight is 444 g/mol. The summed E-state index contributed by atoms with van der Waals surface area (Å²) in [5, 5.41) is 0.146. The molecule has 2 amide bonds. The smallest absolute Gasteiger partial charge is 0.270 e. The predicted molar refractivity (Wildman–Crippen MR) is 133 cm³/mol. The zero-order valence-electron chi connectivity index (χ0n) is 18.8. The second-order valence-electron chi connectivity index (χ2n) is 8.11. The summed E-state index contributed by atoms with van der Waals surface area (Å²) in [6.07, 6.45) is 1.68. The van der Waals surface area contributed by atoms with Crippen LogP contribution >= 0.6 is 12.2 Å². The molecule has 1 aromatic heterocycles. The van der Waals surface area contributed by atoms with Crippen molar-refractivity contribution in [2.45, 2.75) is 27.7 Å². The van der Waals surface area contributed by atoms with Crippen LogP contribution in [0.25, 0.3) is 6.08 Å². The Kier molecular flexibility index (Phi) is 5.57. The zero-order chi connectivity index (χ0) is 23.2. The van der Waals surface area contributed by atoms with E-state index in [1.165, 1.54) is 9.80 Å². The Balaban J connectivity index is 1.91. The first-order valence-electron chi connectivity index (χ1n) is 10.4. The van der Waals surface area contributed by atoms with Crippen molar-refractivity contribution in [2.75, 3.05) is 9.80 Å². The van der Waals surface area contributed by atoms with E-state index in [4.69, 9.17) is 12.2 Å². The van der Waals surface area contributed by atoms with Gasteiger partial charge in [-0.05, 0) is 93.0 Å². The Hall–Kier alpha value is -3.51. The number of para-hydroxylation sites is 1. The fraction of sp³-hybridized carbons (Fsp3) is 0.192. The average Bonchev–Trinajstić information content (AvgIpc) is 3.01. The lowest BCUT2D eigenvalue weighted by Gasteiger charge is -2.36. The van der Waals surface area contributed by atoms with Gasteiger partial charge in [0.25, 0.3) is 11.8 Å². The van der Waals surface area contributed by atoms with Crippen LogP contribution in [0.4, 0.5) is 11.4 Å². The van der Waals surface area contributed by atoms with Gasteiger partial charge in [-0.1, -0.05) is 24.3 Å². The summed E-state index contributed by atoms with van der Waals surface area (Å²) >= 11 is 5.69. The van der Waals surface area contributed by atoms with Gasteiger partial charge in [-0.15, -0.1) is 0 Å². The highest BCUT2D eigenvalue weighted by Crippen LogP contribution is 2.31. The maximum atomic E-state index is 13.6. The number of thiocarbonyl (C=S) groups is 1. The van der Waals surface area contributed by atoms with Crippen molar-refractivity contribution in [1.82, 2.24) is 4.57 Å². The molecule has 2 heterocycles. The van der Waals surface area contributed by atoms with E-state index >= 15 is 0 Å². The van der Waals surface area contributed by atoms with Crippen LogP contribution in [0.3, 0.4) is 0 Å². The molecule has 0 radical (unpaired) electrons. The summed E-state index contributed by atoms with van der Waals surface area (Å²) in [6.45, 7) is 7.97. The van der Waals surface area contributed by atoms with E-state index in [0.29, 0.717) is 11.4 Å². The molecular weight excluding hydrogens is 418 g/mol. The topological polar surface area (TPSA) is 45.6 Å². The molecule has 32 heavy (non-hydrogen) atoms. The molecular formula is C26H25N3O2S. The fourth-order valence-corrected chi connectivity index (χ4v) is 4.19. The normalized spacial score (nSPS) is 15.8. The van der Waals surface area contributed by atoms with Crippen LogP contribution in [0.2, 0.25) is 0 Å². The molecule has 0 N–H and O–H groups in total. The second kappa shape index (κ2) is 8.20. The van der Waals surface area contributed by atoms with Crippen LogP contribution in [0.1, 0.15) is 28.1 Å². The number of nitrogens with zero attached hydrogens (tertiary/aromatic N) is 3. The largest absolute Gasteiger partial charge is 0.352 e. The molecule has 0 spiro atoms. The Morgan fingerprint density at radius 2 is 1.41 bits per heavy atom. The molecule has 0 atom stereocenters. The third-order valence-corrected chi connectivity index (χ3v) is 6.49. The maximum absolute atomic E-state index is 13.6. The van der Waals surface area contributed by atoms with E-state index in [9.17, 15) is 9.59 Å². The van der Waals surface area contributed by atoms with Crippen LogP contribution in [0.5, 0.6) is 0 Å². The van der Waals surface area contributed by atoms with Gasteiger partial charge in [0.1, 0.15) is 5.57 Å². The van der Waals surface area contributed by atoms with Gasteiger partial charge in [0.05, 0.1) is 11.4 Å². The van der Waals surface area contributed by atoms with Crippen LogP contribution < -0.4 is 9.80 Å². The van der Waals surface area contributed by atoms with E-state index in [2.05, 4.69) is 0 Å². The number of benzene rings is 2. The third-order valence-electron chi connectivity index (χ3n) is 6.13. The number of carbonyl (C=O) groups is 2. The molecule has 1 aliphatic heterocycles. The summed E-state index contributed by atoms with van der Waals surface area (Å²) < 4.78 is 2.03. The van der Waals surface area contributed by atoms with Crippen molar-refractivity contribution in [3.05, 3.63) is 88.2 Å². The number of aryl methyl sites for hydroxylation is 3. The summed E-state index contributed by atoms with van der Waals surface area (Å²) in [5.74, 6) is -0.844. The number of rotatable bonds is 3. The van der Waals surface area contributed by atoms with E-state index in [0.717, 1.165) is 28.1 Å². The Morgan fingerprint density at radius 1 is 0.781 bits per heavy atom. The molecule has 0 aliphatic carbocycles. The van der Waals surface area contributed by atoms with E-state index in [-0.39, 0.29) is 10.7 Å². The van der Waals surface area contributed by atoms with Gasteiger partial charge in [-0.3, -0.25) is 19.4 Å². The van der Waals surface area contributed by atoms with Gasteiger partial charge >= 0.3 is 0 Å². The first-order chi connectivity index (χ1) is 15.2. The number of anilines is 2. The summed E-state index contributed by atoms with van der Waals surface area (Å²) in [4.78, 5) is 30.1. The molecule has 2 aromatic carbocycles. The minimum Gasteiger partial charge on any atom is -0.352 e. The highest BCUT2D eigenvalue weighted by atomic mass is 32.1. The zero-order valence-corrected chi connectivity index (χ0v) is 19.7. The summed E-state index contributed by atoms with van der Waals surface area (Å²) in [5.41, 5.74) is 6.36. The van der Waals surface area contributed by atoms with Gasteiger partial charge in [0.2, 0.25) is 0 Å². The number of amides is 2. The second-order valence-corrected chi connectivity index (χ2v) is 8.48. The van der Waals surface area contributed by atoms with Crippen LogP contribution in [0.15, 0.2) is 60.2 Å². The van der Waals surface area contributed by atoms with Crippen molar-refractivity contribution in [2.24, 2.45) is 7.05 Å². The third kappa shape index (κ3) is 3.56. The SMILES string of the molecule is Cc1ccc(N2C(=O)/C(=C\c3cc(C)n(C)c3C)C(=O)N(c3ccccc3)C2=S)cc1C. The molecule has 0 unspecified atom stereocenters. The highest BCUT2D eigenvalue weighted by molar-refractivity contribution is 7.81. The first-order valence-corrected chi connectivity index (χ1v) is 10.8. The van der Waals surface area contributed by atoms with Gasteiger partial charge in [-0.25, -0.2) is 0 Å². The van der Waals surface area contributed by atoms with Gasteiger partial charge in [0.15, 0.2) is 5.11 Å². The quantitative estimate of drug-likeness (QED) is 0.325. The van der Waals surface area contributed by atoms with Crippen molar-refractivity contribution < 1.29 is 9.59 Å². The fourth-order valence-electron chi connectivity index (χ4n) is 3.81. The standard InChI is InChI=1S/C26H25N3O2S/c1-16-11-12-22(13-17(16)2)29-25(31)23(15-20-14-18(3)27(5)19(20)4)24(30)28(26(29)32)21-9-7-6-8-10-21/h6-15H,1-5H3/b23-15-. The number of carbonyl (C=O) groups excluding carboxylic acids is 2. The van der Waals surface area contributed by atoms with Crippen LogP contribution in [-0.4, -0.2) is 21.5 Å². The minimum absolute atomic E-state index is 0.0781. The predicted octanol–water partition coefficient (Wildman–Crippen LogP) is 5.01. The van der Waals surface area contributed by atoms with Crippen LogP contribution in [0, 0.1) is 27.7 Å². The van der Waals surface area contributed by atoms with Crippen LogP contribution in [-0.2, 0) is 16.6 Å².